The Hall–Kier alpha value is -1.14. The van der Waals surface area contributed by atoms with Crippen LogP contribution in [0.2, 0.25) is 0 Å². The van der Waals surface area contributed by atoms with E-state index in [1.54, 1.807) is 0 Å². The summed E-state index contributed by atoms with van der Waals surface area (Å²) in [6.07, 6.45) is 2.46. The molecule has 2 N–H and O–H groups in total. The van der Waals surface area contributed by atoms with E-state index < -0.39 is 15.8 Å². The third-order valence-corrected chi connectivity index (χ3v) is 5.79. The van der Waals surface area contributed by atoms with E-state index >= 15 is 0 Å². The second-order valence-corrected chi connectivity index (χ2v) is 6.85. The van der Waals surface area contributed by atoms with Gasteiger partial charge in [-0.2, -0.15) is 4.31 Å². The standard InChI is InChI=1S/C13H19FN2O2S/c1-3-10-5-4-9(2)16(10)19(17,18)11-6-7-13(15)12(14)8-11/h6-10H,3-5,15H2,1-2H3. The van der Waals surface area contributed by atoms with E-state index in [-0.39, 0.29) is 22.7 Å². The summed E-state index contributed by atoms with van der Waals surface area (Å²) in [6, 6.07) is 3.62. The van der Waals surface area contributed by atoms with Crippen LogP contribution in [0.5, 0.6) is 0 Å². The Balaban J connectivity index is 2.43. The maximum Gasteiger partial charge on any atom is 0.243 e. The highest BCUT2D eigenvalue weighted by Gasteiger charge is 2.39. The molecule has 1 aliphatic heterocycles. The van der Waals surface area contributed by atoms with Crippen LogP contribution < -0.4 is 5.73 Å². The van der Waals surface area contributed by atoms with Crippen LogP contribution in [0.1, 0.15) is 33.1 Å². The Bertz CT molecular complexity index is 574. The number of benzene rings is 1. The van der Waals surface area contributed by atoms with Gasteiger partial charge in [0.05, 0.1) is 10.6 Å². The third kappa shape index (κ3) is 2.47. The van der Waals surface area contributed by atoms with Gasteiger partial charge in [0.1, 0.15) is 5.82 Å². The highest BCUT2D eigenvalue weighted by atomic mass is 32.2. The molecule has 19 heavy (non-hydrogen) atoms. The summed E-state index contributed by atoms with van der Waals surface area (Å²) in [5, 5.41) is 0. The number of hydrogen-bond donors (Lipinski definition) is 1. The minimum atomic E-state index is -3.65. The molecule has 6 heteroatoms. The lowest BCUT2D eigenvalue weighted by Crippen LogP contribution is -2.39. The molecule has 1 aliphatic rings. The van der Waals surface area contributed by atoms with Gasteiger partial charge in [-0.05, 0) is 44.4 Å². The SMILES string of the molecule is CCC1CCC(C)N1S(=O)(=O)c1ccc(N)c(F)c1. The zero-order valence-electron chi connectivity index (χ0n) is 11.1. The highest BCUT2D eigenvalue weighted by Crippen LogP contribution is 2.32. The van der Waals surface area contributed by atoms with E-state index in [0.29, 0.717) is 0 Å². The number of halogens is 1. The molecule has 1 aromatic rings. The van der Waals surface area contributed by atoms with Crippen molar-refractivity contribution >= 4 is 15.7 Å². The van der Waals surface area contributed by atoms with E-state index in [9.17, 15) is 12.8 Å². The molecule has 1 fully saturated rings. The average Bonchev–Trinajstić information content (AvgIpc) is 2.74. The first kappa shape index (κ1) is 14.3. The van der Waals surface area contributed by atoms with Crippen LogP contribution >= 0.6 is 0 Å². The normalized spacial score (nSPS) is 24.8. The minimum Gasteiger partial charge on any atom is -0.396 e. The molecule has 0 aromatic heterocycles. The van der Waals surface area contributed by atoms with Crippen molar-refractivity contribution in [3.8, 4) is 0 Å². The van der Waals surface area contributed by atoms with Crippen LogP contribution in [0.15, 0.2) is 23.1 Å². The van der Waals surface area contributed by atoms with Crippen LogP contribution in [0.3, 0.4) is 0 Å². The molecule has 0 aliphatic carbocycles. The molecule has 2 atom stereocenters. The zero-order chi connectivity index (χ0) is 14.2. The Kier molecular flexibility index (Phi) is 3.82. The van der Waals surface area contributed by atoms with Crippen molar-refractivity contribution in [1.82, 2.24) is 4.31 Å². The van der Waals surface area contributed by atoms with Crippen LogP contribution in [0, 0.1) is 5.82 Å². The quantitative estimate of drug-likeness (QED) is 0.868. The van der Waals surface area contributed by atoms with Gasteiger partial charge in [-0.25, -0.2) is 12.8 Å². The zero-order valence-corrected chi connectivity index (χ0v) is 12.0. The Morgan fingerprint density at radius 2 is 2.11 bits per heavy atom. The van der Waals surface area contributed by atoms with Crippen molar-refractivity contribution in [3.05, 3.63) is 24.0 Å². The lowest BCUT2D eigenvalue weighted by Gasteiger charge is -2.27. The summed E-state index contributed by atoms with van der Waals surface area (Å²) >= 11 is 0. The number of nitrogen functional groups attached to an aromatic ring is 1. The molecular weight excluding hydrogens is 267 g/mol. The van der Waals surface area contributed by atoms with Crippen molar-refractivity contribution in [2.75, 3.05) is 5.73 Å². The van der Waals surface area contributed by atoms with Crippen molar-refractivity contribution in [2.45, 2.75) is 50.1 Å². The Morgan fingerprint density at radius 3 is 2.68 bits per heavy atom. The fourth-order valence-corrected chi connectivity index (χ4v) is 4.62. The minimum absolute atomic E-state index is 0.000569. The molecule has 2 rings (SSSR count). The van der Waals surface area contributed by atoms with Gasteiger partial charge < -0.3 is 5.73 Å². The van der Waals surface area contributed by atoms with Crippen LogP contribution in [-0.2, 0) is 10.0 Å². The molecule has 0 amide bonds. The van der Waals surface area contributed by atoms with E-state index in [2.05, 4.69) is 0 Å². The predicted octanol–water partition coefficient (Wildman–Crippen LogP) is 2.36. The summed E-state index contributed by atoms with van der Waals surface area (Å²) in [5.41, 5.74) is 5.34. The molecule has 0 saturated carbocycles. The molecular formula is C13H19FN2O2S. The van der Waals surface area contributed by atoms with E-state index in [4.69, 9.17) is 5.73 Å². The van der Waals surface area contributed by atoms with Gasteiger partial charge in [-0.15, -0.1) is 0 Å². The Labute approximate surface area is 113 Å². The van der Waals surface area contributed by atoms with Crippen LogP contribution in [0.4, 0.5) is 10.1 Å². The molecule has 0 radical (unpaired) electrons. The first-order valence-corrected chi connectivity index (χ1v) is 7.90. The maximum absolute atomic E-state index is 13.5. The van der Waals surface area contributed by atoms with Crippen molar-refractivity contribution in [2.24, 2.45) is 0 Å². The predicted molar refractivity (Wildman–Crippen MR) is 72.6 cm³/mol. The van der Waals surface area contributed by atoms with E-state index in [0.717, 1.165) is 25.3 Å². The topological polar surface area (TPSA) is 63.4 Å². The first-order chi connectivity index (χ1) is 8.87. The molecule has 0 spiro atoms. The summed E-state index contributed by atoms with van der Waals surface area (Å²) in [7, 11) is -3.65. The van der Waals surface area contributed by atoms with Gasteiger partial charge in [-0.3, -0.25) is 0 Å². The fraction of sp³-hybridized carbons (Fsp3) is 0.538. The summed E-state index contributed by atoms with van der Waals surface area (Å²) in [6.45, 7) is 3.86. The van der Waals surface area contributed by atoms with E-state index in [1.807, 2.05) is 13.8 Å². The maximum atomic E-state index is 13.5. The smallest absolute Gasteiger partial charge is 0.243 e. The summed E-state index contributed by atoms with van der Waals surface area (Å²) in [5.74, 6) is -0.694. The largest absolute Gasteiger partial charge is 0.396 e. The fourth-order valence-electron chi connectivity index (χ4n) is 2.66. The van der Waals surface area contributed by atoms with Gasteiger partial charge in [0, 0.05) is 12.1 Å². The summed E-state index contributed by atoms with van der Waals surface area (Å²) in [4.78, 5) is -0.0219. The number of hydrogen-bond acceptors (Lipinski definition) is 3. The second kappa shape index (κ2) is 5.09. The number of nitrogens with two attached hydrogens (primary N) is 1. The summed E-state index contributed by atoms with van der Waals surface area (Å²) < 4.78 is 40.2. The van der Waals surface area contributed by atoms with Gasteiger partial charge in [0.15, 0.2) is 0 Å². The number of nitrogens with zero attached hydrogens (tertiary/aromatic N) is 1. The molecule has 0 bridgehead atoms. The van der Waals surface area contributed by atoms with Crippen molar-refractivity contribution < 1.29 is 12.8 Å². The monoisotopic (exact) mass is 286 g/mol. The number of rotatable bonds is 3. The van der Waals surface area contributed by atoms with Crippen LogP contribution in [0.25, 0.3) is 0 Å². The van der Waals surface area contributed by atoms with E-state index in [1.165, 1.54) is 16.4 Å². The van der Waals surface area contributed by atoms with Gasteiger partial charge in [-0.1, -0.05) is 6.92 Å². The molecule has 1 heterocycles. The van der Waals surface area contributed by atoms with Crippen LogP contribution in [-0.4, -0.2) is 24.8 Å². The molecule has 1 saturated heterocycles. The van der Waals surface area contributed by atoms with Gasteiger partial charge in [0.25, 0.3) is 0 Å². The second-order valence-electron chi connectivity index (χ2n) is 5.01. The van der Waals surface area contributed by atoms with Crippen molar-refractivity contribution in [3.63, 3.8) is 0 Å². The first-order valence-electron chi connectivity index (χ1n) is 6.46. The molecule has 2 unspecified atom stereocenters. The molecule has 4 nitrogen and oxygen atoms in total. The third-order valence-electron chi connectivity index (χ3n) is 3.73. The average molecular weight is 286 g/mol. The van der Waals surface area contributed by atoms with Crippen molar-refractivity contribution in [1.29, 1.82) is 0 Å². The highest BCUT2D eigenvalue weighted by molar-refractivity contribution is 7.89. The van der Waals surface area contributed by atoms with Gasteiger partial charge >= 0.3 is 0 Å². The Morgan fingerprint density at radius 1 is 1.42 bits per heavy atom. The molecule has 106 valence electrons. The number of sulfonamides is 1. The van der Waals surface area contributed by atoms with Gasteiger partial charge in [0.2, 0.25) is 10.0 Å². The lowest BCUT2D eigenvalue weighted by atomic mass is 10.2. The molecule has 1 aromatic carbocycles. The number of anilines is 1. The lowest BCUT2D eigenvalue weighted by molar-refractivity contribution is 0.328.